The van der Waals surface area contributed by atoms with Gasteiger partial charge in [-0.05, 0) is 0 Å². The fourth-order valence-corrected chi connectivity index (χ4v) is 0.733. The molecule has 0 spiro atoms. The predicted octanol–water partition coefficient (Wildman–Crippen LogP) is 0.357. The van der Waals surface area contributed by atoms with Crippen LogP contribution in [0.2, 0.25) is 0 Å². The highest BCUT2D eigenvalue weighted by Crippen LogP contribution is 2.03. The van der Waals surface area contributed by atoms with E-state index in [1.807, 2.05) is 0 Å². The van der Waals surface area contributed by atoms with Crippen LogP contribution in [0.5, 0.6) is 0 Å². The van der Waals surface area contributed by atoms with Gasteiger partial charge in [-0.15, -0.1) is 0 Å². The maximum absolute atomic E-state index is 12.8. The van der Waals surface area contributed by atoms with Gasteiger partial charge in [0.25, 0.3) is 5.69 Å². The van der Waals surface area contributed by atoms with Gasteiger partial charge < -0.3 is 5.11 Å². The number of aromatic carboxylic acids is 1. The minimum Gasteiger partial charge on any atom is -0.477 e. The zero-order valence-corrected chi connectivity index (χ0v) is 6.28. The average molecular weight is 172 g/mol. The smallest absolute Gasteiger partial charge is 0.342 e. The van der Waals surface area contributed by atoms with Gasteiger partial charge in [0.2, 0.25) is 6.20 Å². The molecule has 0 fully saturated rings. The molecule has 0 aliphatic rings. The summed E-state index contributed by atoms with van der Waals surface area (Å²) in [5.74, 6) is -2.03. The number of nitrogens with zero attached hydrogens (tertiary/aromatic N) is 1. The molecular weight excluding hydrogens is 165 g/mol. The Labute approximate surface area is 67.5 Å². The van der Waals surface area contributed by atoms with Crippen LogP contribution in [0.3, 0.4) is 0 Å². The van der Waals surface area contributed by atoms with Crippen LogP contribution in [0.25, 0.3) is 0 Å². The van der Waals surface area contributed by atoms with Crippen molar-refractivity contribution in [3.63, 3.8) is 0 Å². The molecule has 0 aliphatic carbocycles. The van der Waals surface area contributed by atoms with Crippen LogP contribution in [-0.4, -0.2) is 16.3 Å². The van der Waals surface area contributed by atoms with Gasteiger partial charge in [-0.2, -0.15) is 4.39 Å². The molecular formula is C7H7FNO3+. The third-order valence-corrected chi connectivity index (χ3v) is 1.48. The number of hydrogen-bond donors (Lipinski definition) is 2. The van der Waals surface area contributed by atoms with Crippen LogP contribution < -0.4 is 4.73 Å². The maximum atomic E-state index is 12.8. The van der Waals surface area contributed by atoms with Crippen molar-refractivity contribution >= 4 is 5.97 Å². The van der Waals surface area contributed by atoms with Crippen molar-refractivity contribution in [3.05, 3.63) is 29.3 Å². The van der Waals surface area contributed by atoms with E-state index in [1.165, 1.54) is 6.92 Å². The topological polar surface area (TPSA) is 61.4 Å². The SMILES string of the molecule is Cc1c(F)cc(C(=O)O)c[n+]1O. The number of halogens is 1. The highest BCUT2D eigenvalue weighted by atomic mass is 19.1. The second-order valence-electron chi connectivity index (χ2n) is 2.31. The van der Waals surface area contributed by atoms with E-state index in [2.05, 4.69) is 0 Å². The summed E-state index contributed by atoms with van der Waals surface area (Å²) in [6.45, 7) is 1.33. The first-order valence-electron chi connectivity index (χ1n) is 3.16. The molecule has 0 unspecified atom stereocenters. The molecule has 4 nitrogen and oxygen atoms in total. The molecule has 0 amide bonds. The number of rotatable bonds is 1. The monoisotopic (exact) mass is 172 g/mol. The van der Waals surface area contributed by atoms with E-state index in [-0.39, 0.29) is 11.3 Å². The molecule has 0 bridgehead atoms. The van der Waals surface area contributed by atoms with Gasteiger partial charge >= 0.3 is 5.97 Å². The first-order chi connectivity index (χ1) is 5.52. The van der Waals surface area contributed by atoms with Gasteiger partial charge in [-0.1, -0.05) is 0 Å². The first-order valence-corrected chi connectivity index (χ1v) is 3.16. The minimum atomic E-state index is -1.28. The van der Waals surface area contributed by atoms with Gasteiger partial charge in [0.1, 0.15) is 5.56 Å². The Morgan fingerprint density at radius 3 is 2.67 bits per heavy atom. The molecule has 0 saturated carbocycles. The third kappa shape index (κ3) is 1.34. The maximum Gasteiger partial charge on any atom is 0.342 e. The van der Waals surface area contributed by atoms with Crippen molar-refractivity contribution in [1.82, 2.24) is 0 Å². The fourth-order valence-electron chi connectivity index (χ4n) is 0.733. The molecule has 1 heterocycles. The standard InChI is InChI=1S/C7H6FNO3/c1-4-6(8)2-5(7(10)11)3-9(4)12/h2-3H,1H3,(H-,10,11,12)/p+1. The molecule has 1 aromatic rings. The third-order valence-electron chi connectivity index (χ3n) is 1.48. The zero-order chi connectivity index (χ0) is 9.30. The van der Waals surface area contributed by atoms with Crippen molar-refractivity contribution in [2.24, 2.45) is 0 Å². The van der Waals surface area contributed by atoms with Gasteiger partial charge in [0.15, 0.2) is 5.82 Å². The second kappa shape index (κ2) is 2.77. The number of carbonyl (C=O) groups is 1. The fraction of sp³-hybridized carbons (Fsp3) is 0.143. The zero-order valence-electron chi connectivity index (χ0n) is 6.28. The summed E-state index contributed by atoms with van der Waals surface area (Å²) in [5.41, 5.74) is -0.319. The van der Waals surface area contributed by atoms with Gasteiger partial charge in [0.05, 0.1) is 0 Å². The second-order valence-corrected chi connectivity index (χ2v) is 2.31. The molecule has 64 valence electrons. The highest BCUT2D eigenvalue weighted by molar-refractivity contribution is 5.86. The van der Waals surface area contributed by atoms with Crippen molar-refractivity contribution < 1.29 is 24.2 Å². The van der Waals surface area contributed by atoms with Crippen molar-refractivity contribution in [1.29, 1.82) is 0 Å². The summed E-state index contributed by atoms with van der Waals surface area (Å²) >= 11 is 0. The minimum absolute atomic E-state index is 0.0278. The number of hydrogen-bond acceptors (Lipinski definition) is 2. The lowest BCUT2D eigenvalue weighted by Crippen LogP contribution is -2.35. The number of carboxylic acids is 1. The molecule has 0 radical (unpaired) electrons. The van der Waals surface area contributed by atoms with Gasteiger partial charge in [-0.25, -0.2) is 4.79 Å². The summed E-state index contributed by atoms with van der Waals surface area (Å²) in [4.78, 5) is 10.3. The summed E-state index contributed by atoms with van der Waals surface area (Å²) in [6, 6.07) is 0.852. The summed E-state index contributed by atoms with van der Waals surface area (Å²) < 4.78 is 13.2. The summed E-state index contributed by atoms with van der Waals surface area (Å²) in [5, 5.41) is 17.4. The Morgan fingerprint density at radius 1 is 1.67 bits per heavy atom. The molecule has 0 aliphatic heterocycles. The molecule has 2 N–H and O–H groups in total. The molecule has 0 aromatic carbocycles. The van der Waals surface area contributed by atoms with Gasteiger partial charge in [0, 0.05) is 17.7 Å². The van der Waals surface area contributed by atoms with E-state index in [1.54, 1.807) is 0 Å². The van der Waals surface area contributed by atoms with Crippen LogP contribution in [0.1, 0.15) is 16.1 Å². The molecule has 0 saturated heterocycles. The van der Waals surface area contributed by atoms with Crippen molar-refractivity contribution in [2.75, 3.05) is 0 Å². The Morgan fingerprint density at radius 2 is 2.25 bits per heavy atom. The molecule has 5 heteroatoms. The quantitative estimate of drug-likeness (QED) is 0.474. The largest absolute Gasteiger partial charge is 0.477 e. The average Bonchev–Trinajstić information content (AvgIpc) is 1.99. The lowest BCUT2D eigenvalue weighted by Gasteiger charge is -1.93. The lowest BCUT2D eigenvalue weighted by atomic mass is 10.2. The Bertz CT molecular complexity index is 314. The van der Waals surface area contributed by atoms with E-state index < -0.39 is 11.8 Å². The van der Waals surface area contributed by atoms with E-state index in [9.17, 15) is 9.18 Å². The number of carboxylic acid groups (broad SMARTS) is 1. The van der Waals surface area contributed by atoms with Crippen LogP contribution in [0.4, 0.5) is 4.39 Å². The van der Waals surface area contributed by atoms with Crippen molar-refractivity contribution in [2.45, 2.75) is 6.92 Å². The number of aromatic nitrogens is 1. The van der Waals surface area contributed by atoms with Crippen molar-refractivity contribution in [3.8, 4) is 0 Å². The van der Waals surface area contributed by atoms with E-state index in [4.69, 9.17) is 10.3 Å². The first kappa shape index (κ1) is 8.45. The Kier molecular flexibility index (Phi) is 1.95. The van der Waals surface area contributed by atoms with Crippen LogP contribution in [0.15, 0.2) is 12.3 Å². The lowest BCUT2D eigenvalue weighted by molar-refractivity contribution is -0.909. The Hall–Kier alpha value is -1.65. The molecule has 1 rings (SSSR count). The molecule has 0 atom stereocenters. The predicted molar refractivity (Wildman–Crippen MR) is 35.5 cm³/mol. The summed E-state index contributed by atoms with van der Waals surface area (Å²) in [6.07, 6.45) is 0.931. The highest BCUT2D eigenvalue weighted by Gasteiger charge is 2.17. The normalized spacial score (nSPS) is 9.83. The van der Waals surface area contributed by atoms with E-state index in [0.29, 0.717) is 4.73 Å². The van der Waals surface area contributed by atoms with Gasteiger partial charge in [-0.3, -0.25) is 5.21 Å². The van der Waals surface area contributed by atoms with Crippen LogP contribution in [0, 0.1) is 12.7 Å². The Balaban J connectivity index is 3.31. The van der Waals surface area contributed by atoms with Crippen LogP contribution >= 0.6 is 0 Å². The summed E-state index contributed by atoms with van der Waals surface area (Å²) in [7, 11) is 0. The molecule has 12 heavy (non-hydrogen) atoms. The number of pyridine rings is 1. The van der Waals surface area contributed by atoms with E-state index >= 15 is 0 Å². The van der Waals surface area contributed by atoms with E-state index in [0.717, 1.165) is 12.3 Å². The molecule has 1 aromatic heterocycles. The van der Waals surface area contributed by atoms with Crippen LogP contribution in [-0.2, 0) is 0 Å².